The molecule has 0 bridgehead atoms. The number of amides is 2. The minimum Gasteiger partial charge on any atom is -0.352 e. The number of aromatic nitrogens is 1. The van der Waals surface area contributed by atoms with Gasteiger partial charge in [0.1, 0.15) is 6.61 Å². The fraction of sp³-hybridized carbons (Fsp3) is 0.188. The average Bonchev–Trinajstić information content (AvgIpc) is 2.74. The van der Waals surface area contributed by atoms with Crippen LogP contribution in [-0.2, 0) is 18.5 Å². The molecule has 0 radical (unpaired) electrons. The number of aryl methyl sites for hydroxylation is 2. The molecule has 22 heavy (non-hydrogen) atoms. The van der Waals surface area contributed by atoms with Crippen molar-refractivity contribution in [3.05, 3.63) is 69.1 Å². The molecule has 0 saturated carbocycles. The molecule has 6 heteroatoms. The Kier molecular flexibility index (Phi) is 3.38. The van der Waals surface area contributed by atoms with E-state index in [0.717, 1.165) is 5.06 Å². The van der Waals surface area contributed by atoms with Crippen LogP contribution in [-0.4, -0.2) is 21.4 Å². The minimum atomic E-state index is -0.488. The van der Waals surface area contributed by atoms with Crippen molar-refractivity contribution >= 4 is 11.8 Å². The highest BCUT2D eigenvalue weighted by Crippen LogP contribution is 2.23. The van der Waals surface area contributed by atoms with Gasteiger partial charge in [0, 0.05) is 30.6 Å². The Morgan fingerprint density at radius 2 is 1.64 bits per heavy atom. The van der Waals surface area contributed by atoms with Gasteiger partial charge in [-0.2, -0.15) is 0 Å². The molecule has 0 unspecified atom stereocenters. The predicted molar refractivity (Wildman–Crippen MR) is 78.2 cm³/mol. The molecule has 0 aliphatic carbocycles. The molecule has 0 saturated heterocycles. The standard InChI is InChI=1S/C16H14N2O4/c1-10-8-17(2)11(7-14(10)19)9-22-18-15(20)12-5-3-4-6-13(12)16(18)21/h3-8H,9H2,1-2H3. The predicted octanol–water partition coefficient (Wildman–Crippen LogP) is 1.42. The molecule has 0 atom stereocenters. The third-order valence-electron chi connectivity index (χ3n) is 3.63. The lowest BCUT2D eigenvalue weighted by molar-refractivity contribution is -0.102. The van der Waals surface area contributed by atoms with Gasteiger partial charge in [0.15, 0.2) is 5.43 Å². The molecule has 2 amide bonds. The summed E-state index contributed by atoms with van der Waals surface area (Å²) in [5.74, 6) is -0.976. The van der Waals surface area contributed by atoms with Gasteiger partial charge in [-0.05, 0) is 19.1 Å². The maximum Gasteiger partial charge on any atom is 0.285 e. The van der Waals surface area contributed by atoms with Gasteiger partial charge in [-0.1, -0.05) is 12.1 Å². The molecular weight excluding hydrogens is 284 g/mol. The van der Waals surface area contributed by atoms with Gasteiger partial charge < -0.3 is 4.57 Å². The Balaban J connectivity index is 1.82. The molecule has 0 fully saturated rings. The summed E-state index contributed by atoms with van der Waals surface area (Å²) in [6.45, 7) is 1.68. The fourth-order valence-corrected chi connectivity index (χ4v) is 2.36. The lowest BCUT2D eigenvalue weighted by Crippen LogP contribution is -2.30. The first-order valence-corrected chi connectivity index (χ1v) is 6.76. The number of hydroxylamine groups is 2. The number of fused-ring (bicyclic) bond motifs is 1. The van der Waals surface area contributed by atoms with Crippen molar-refractivity contribution in [2.45, 2.75) is 13.5 Å². The van der Waals surface area contributed by atoms with E-state index in [1.807, 2.05) is 0 Å². The smallest absolute Gasteiger partial charge is 0.285 e. The van der Waals surface area contributed by atoms with Crippen LogP contribution in [0.4, 0.5) is 0 Å². The number of pyridine rings is 1. The van der Waals surface area contributed by atoms with Gasteiger partial charge in [0.25, 0.3) is 11.8 Å². The average molecular weight is 298 g/mol. The summed E-state index contributed by atoms with van der Waals surface area (Å²) < 4.78 is 1.73. The van der Waals surface area contributed by atoms with Gasteiger partial charge in [-0.15, -0.1) is 5.06 Å². The summed E-state index contributed by atoms with van der Waals surface area (Å²) in [7, 11) is 1.77. The lowest BCUT2D eigenvalue weighted by atomic mass is 10.1. The van der Waals surface area contributed by atoms with Gasteiger partial charge >= 0.3 is 0 Å². The van der Waals surface area contributed by atoms with Gasteiger partial charge in [0.05, 0.1) is 11.1 Å². The van der Waals surface area contributed by atoms with E-state index < -0.39 is 11.8 Å². The van der Waals surface area contributed by atoms with Gasteiger partial charge in [0.2, 0.25) is 0 Å². The van der Waals surface area contributed by atoms with Crippen LogP contribution in [0.5, 0.6) is 0 Å². The third-order valence-corrected chi connectivity index (χ3v) is 3.63. The summed E-state index contributed by atoms with van der Waals surface area (Å²) in [6.07, 6.45) is 1.68. The molecule has 2 aromatic rings. The van der Waals surface area contributed by atoms with E-state index in [-0.39, 0.29) is 12.0 Å². The first-order chi connectivity index (χ1) is 10.5. The monoisotopic (exact) mass is 298 g/mol. The Hall–Kier alpha value is -2.73. The first kappa shape index (κ1) is 14.2. The van der Waals surface area contributed by atoms with E-state index in [1.165, 1.54) is 6.07 Å². The van der Waals surface area contributed by atoms with Crippen molar-refractivity contribution in [3.8, 4) is 0 Å². The molecule has 1 aromatic carbocycles. The van der Waals surface area contributed by atoms with Crippen molar-refractivity contribution in [1.29, 1.82) is 0 Å². The van der Waals surface area contributed by atoms with Crippen LogP contribution in [0.15, 0.2) is 41.3 Å². The quantitative estimate of drug-likeness (QED) is 0.804. The van der Waals surface area contributed by atoms with Crippen LogP contribution in [0, 0.1) is 6.92 Å². The zero-order chi connectivity index (χ0) is 15.9. The first-order valence-electron chi connectivity index (χ1n) is 6.76. The van der Waals surface area contributed by atoms with Crippen molar-refractivity contribution in [2.24, 2.45) is 7.05 Å². The molecule has 1 aromatic heterocycles. The van der Waals surface area contributed by atoms with Crippen LogP contribution in [0.1, 0.15) is 32.0 Å². The molecule has 2 heterocycles. The number of hydrogen-bond donors (Lipinski definition) is 0. The molecular formula is C16H14N2O4. The Morgan fingerprint density at radius 3 is 2.23 bits per heavy atom. The van der Waals surface area contributed by atoms with Crippen LogP contribution < -0.4 is 5.43 Å². The second-order valence-corrected chi connectivity index (χ2v) is 5.15. The summed E-state index contributed by atoms with van der Waals surface area (Å²) in [5.41, 5.74) is 1.73. The van der Waals surface area contributed by atoms with Crippen LogP contribution in [0.25, 0.3) is 0 Å². The highest BCUT2D eigenvalue weighted by molar-refractivity contribution is 6.20. The maximum atomic E-state index is 12.1. The number of hydrogen-bond acceptors (Lipinski definition) is 4. The lowest BCUT2D eigenvalue weighted by Gasteiger charge is -2.15. The molecule has 3 rings (SSSR count). The van der Waals surface area contributed by atoms with E-state index in [4.69, 9.17) is 4.84 Å². The van der Waals surface area contributed by atoms with Gasteiger partial charge in [-0.25, -0.2) is 0 Å². The highest BCUT2D eigenvalue weighted by atomic mass is 16.7. The number of carbonyl (C=O) groups excluding carboxylic acids is 2. The fourth-order valence-electron chi connectivity index (χ4n) is 2.36. The van der Waals surface area contributed by atoms with E-state index in [9.17, 15) is 14.4 Å². The Labute approximate surface area is 126 Å². The summed E-state index contributed by atoms with van der Waals surface area (Å²) in [6, 6.07) is 7.99. The van der Waals surface area contributed by atoms with E-state index in [1.54, 1.807) is 49.0 Å². The van der Waals surface area contributed by atoms with Crippen LogP contribution in [0.2, 0.25) is 0 Å². The third kappa shape index (κ3) is 2.23. The van der Waals surface area contributed by atoms with E-state index in [0.29, 0.717) is 22.4 Å². The van der Waals surface area contributed by atoms with Crippen molar-refractivity contribution in [1.82, 2.24) is 9.63 Å². The Bertz CT molecular complexity index is 803. The highest BCUT2D eigenvalue weighted by Gasteiger charge is 2.36. The SMILES string of the molecule is Cc1cn(C)c(CON2C(=O)c3ccccc3C2=O)cc1=O. The number of nitrogens with zero attached hydrogens (tertiary/aromatic N) is 2. The molecule has 0 spiro atoms. The maximum absolute atomic E-state index is 12.1. The van der Waals surface area contributed by atoms with E-state index in [2.05, 4.69) is 0 Å². The molecule has 112 valence electrons. The summed E-state index contributed by atoms with van der Waals surface area (Å²) in [5, 5.41) is 0.745. The number of benzene rings is 1. The minimum absolute atomic E-state index is 0.0442. The Morgan fingerprint density at radius 1 is 1.05 bits per heavy atom. The molecule has 6 nitrogen and oxygen atoms in total. The van der Waals surface area contributed by atoms with E-state index >= 15 is 0 Å². The molecule has 0 N–H and O–H groups in total. The zero-order valence-electron chi connectivity index (χ0n) is 12.2. The molecule has 1 aliphatic rings. The molecule has 1 aliphatic heterocycles. The topological polar surface area (TPSA) is 68.6 Å². The second kappa shape index (κ2) is 5.23. The van der Waals surface area contributed by atoms with Crippen molar-refractivity contribution in [3.63, 3.8) is 0 Å². The number of imide groups is 1. The normalized spacial score (nSPS) is 13.6. The number of carbonyl (C=O) groups is 2. The van der Waals surface area contributed by atoms with Crippen molar-refractivity contribution < 1.29 is 14.4 Å². The van der Waals surface area contributed by atoms with Gasteiger partial charge in [-0.3, -0.25) is 19.2 Å². The van der Waals surface area contributed by atoms with Crippen LogP contribution in [0.3, 0.4) is 0 Å². The number of rotatable bonds is 3. The van der Waals surface area contributed by atoms with Crippen molar-refractivity contribution in [2.75, 3.05) is 0 Å². The van der Waals surface area contributed by atoms with Crippen LogP contribution >= 0.6 is 0 Å². The summed E-state index contributed by atoms with van der Waals surface area (Å²) in [4.78, 5) is 41.3. The second-order valence-electron chi connectivity index (χ2n) is 5.15. The zero-order valence-corrected chi connectivity index (χ0v) is 12.2. The summed E-state index contributed by atoms with van der Waals surface area (Å²) >= 11 is 0. The largest absolute Gasteiger partial charge is 0.352 e.